The van der Waals surface area contributed by atoms with Crippen LogP contribution < -0.4 is 5.73 Å². The van der Waals surface area contributed by atoms with Crippen molar-refractivity contribution in [1.82, 2.24) is 0 Å². The van der Waals surface area contributed by atoms with Gasteiger partial charge >= 0.3 is 5.97 Å². The molecule has 0 aliphatic carbocycles. The van der Waals surface area contributed by atoms with E-state index in [0.717, 1.165) is 0 Å². The number of rotatable bonds is 2. The smallest absolute Gasteiger partial charge is 0.338 e. The van der Waals surface area contributed by atoms with Gasteiger partial charge in [0.25, 0.3) is 0 Å². The topological polar surface area (TPSA) is 80.4 Å². The molecule has 6 heteroatoms. The lowest BCUT2D eigenvalue weighted by Crippen LogP contribution is -2.16. The lowest BCUT2D eigenvalue weighted by molar-refractivity contribution is 0.0692. The van der Waals surface area contributed by atoms with Crippen molar-refractivity contribution in [1.29, 1.82) is 0 Å². The number of amides is 1. The van der Waals surface area contributed by atoms with Gasteiger partial charge in [0.05, 0.1) is 21.2 Å². The Bertz CT molecular complexity index is 417. The van der Waals surface area contributed by atoms with E-state index in [1.807, 2.05) is 0 Å². The number of primary amides is 1. The molecular weight excluding hydrogens is 229 g/mol. The average Bonchev–Trinajstić information content (AvgIpc) is 2.08. The number of aromatic carboxylic acids is 1. The van der Waals surface area contributed by atoms with E-state index in [-0.39, 0.29) is 21.2 Å². The molecule has 0 unspecified atom stereocenters. The molecular formula is C8H5Cl2NO3. The fourth-order valence-corrected chi connectivity index (χ4v) is 1.37. The van der Waals surface area contributed by atoms with Crippen molar-refractivity contribution in [2.24, 2.45) is 5.73 Å². The maximum Gasteiger partial charge on any atom is 0.338 e. The van der Waals surface area contributed by atoms with Crippen LogP contribution >= 0.6 is 23.2 Å². The van der Waals surface area contributed by atoms with Crippen LogP contribution in [0.15, 0.2) is 12.1 Å². The Labute approximate surface area is 89.2 Å². The average molecular weight is 234 g/mol. The molecule has 0 aliphatic heterocycles. The van der Waals surface area contributed by atoms with Gasteiger partial charge in [0.1, 0.15) is 0 Å². The minimum Gasteiger partial charge on any atom is -0.478 e. The second-order valence-electron chi connectivity index (χ2n) is 2.45. The largest absolute Gasteiger partial charge is 0.478 e. The summed E-state index contributed by atoms with van der Waals surface area (Å²) in [6.45, 7) is 0. The lowest BCUT2D eigenvalue weighted by atomic mass is 10.1. The summed E-state index contributed by atoms with van der Waals surface area (Å²) in [6.07, 6.45) is 0. The molecule has 0 heterocycles. The number of nitrogens with two attached hydrogens (primary N) is 1. The van der Waals surface area contributed by atoms with Gasteiger partial charge < -0.3 is 10.8 Å². The van der Waals surface area contributed by atoms with Crippen LogP contribution in [0.25, 0.3) is 0 Å². The predicted octanol–water partition coefficient (Wildman–Crippen LogP) is 1.79. The molecule has 4 nitrogen and oxygen atoms in total. The minimum absolute atomic E-state index is 0.0640. The molecule has 0 atom stereocenters. The Hall–Kier alpha value is -1.26. The maximum atomic E-state index is 10.8. The first-order valence-electron chi connectivity index (χ1n) is 3.46. The zero-order valence-corrected chi connectivity index (χ0v) is 8.26. The van der Waals surface area contributed by atoms with Gasteiger partial charge in [-0.2, -0.15) is 0 Å². The molecule has 0 radical (unpaired) electrons. The third-order valence-corrected chi connectivity index (χ3v) is 2.38. The second kappa shape index (κ2) is 3.86. The Morgan fingerprint density at radius 1 is 1.29 bits per heavy atom. The van der Waals surface area contributed by atoms with E-state index in [0.29, 0.717) is 0 Å². The number of hydrogen-bond acceptors (Lipinski definition) is 2. The quantitative estimate of drug-likeness (QED) is 0.818. The standard InChI is InChI=1S/C8H5Cl2NO3/c9-4-2-1-3(7(11)12)5(6(4)10)8(13)14/h1-2H,(H2,11,12)(H,13,14). The molecule has 0 saturated carbocycles. The van der Waals surface area contributed by atoms with E-state index in [1.165, 1.54) is 12.1 Å². The van der Waals surface area contributed by atoms with Gasteiger partial charge in [0, 0.05) is 0 Å². The molecule has 0 fully saturated rings. The van der Waals surface area contributed by atoms with Crippen molar-refractivity contribution in [3.05, 3.63) is 33.3 Å². The summed E-state index contributed by atoms with van der Waals surface area (Å²) >= 11 is 11.2. The zero-order valence-electron chi connectivity index (χ0n) is 6.75. The number of hydrogen-bond donors (Lipinski definition) is 2. The normalized spacial score (nSPS) is 9.86. The number of carbonyl (C=O) groups excluding carboxylic acids is 1. The number of carboxylic acid groups (broad SMARTS) is 1. The Morgan fingerprint density at radius 3 is 2.29 bits per heavy atom. The summed E-state index contributed by atoms with van der Waals surface area (Å²) in [5.74, 6) is -2.20. The first-order chi connectivity index (χ1) is 6.45. The predicted molar refractivity (Wildman–Crippen MR) is 51.9 cm³/mol. The molecule has 14 heavy (non-hydrogen) atoms. The molecule has 0 aliphatic rings. The van der Waals surface area contributed by atoms with Gasteiger partial charge in [-0.25, -0.2) is 4.79 Å². The van der Waals surface area contributed by atoms with Crippen LogP contribution in [-0.4, -0.2) is 17.0 Å². The molecule has 1 rings (SSSR count). The molecule has 0 bridgehead atoms. The molecule has 0 aromatic heterocycles. The van der Waals surface area contributed by atoms with Crippen molar-refractivity contribution < 1.29 is 14.7 Å². The van der Waals surface area contributed by atoms with E-state index < -0.39 is 11.9 Å². The molecule has 0 saturated heterocycles. The highest BCUT2D eigenvalue weighted by atomic mass is 35.5. The Balaban J connectivity index is 3.53. The summed E-state index contributed by atoms with van der Waals surface area (Å²) in [5.41, 5.74) is 4.44. The van der Waals surface area contributed by atoms with Gasteiger partial charge in [-0.15, -0.1) is 0 Å². The highest BCUT2D eigenvalue weighted by Crippen LogP contribution is 2.28. The van der Waals surface area contributed by atoms with Gasteiger partial charge in [-0.05, 0) is 12.1 Å². The maximum absolute atomic E-state index is 10.8. The monoisotopic (exact) mass is 233 g/mol. The second-order valence-corrected chi connectivity index (χ2v) is 3.24. The first-order valence-corrected chi connectivity index (χ1v) is 4.22. The highest BCUT2D eigenvalue weighted by Gasteiger charge is 2.19. The molecule has 74 valence electrons. The van der Waals surface area contributed by atoms with E-state index in [1.54, 1.807) is 0 Å². The third-order valence-electron chi connectivity index (χ3n) is 1.57. The fraction of sp³-hybridized carbons (Fsp3) is 0. The number of halogens is 2. The highest BCUT2D eigenvalue weighted by molar-refractivity contribution is 6.44. The molecule has 0 spiro atoms. The first kappa shape index (κ1) is 10.8. The third kappa shape index (κ3) is 1.81. The van der Waals surface area contributed by atoms with Crippen molar-refractivity contribution >= 4 is 35.1 Å². The minimum atomic E-state index is -1.34. The van der Waals surface area contributed by atoms with Gasteiger partial charge in [0.15, 0.2) is 0 Å². The van der Waals surface area contributed by atoms with Crippen LogP contribution in [0.5, 0.6) is 0 Å². The van der Waals surface area contributed by atoms with Crippen molar-refractivity contribution in [2.75, 3.05) is 0 Å². The van der Waals surface area contributed by atoms with E-state index in [9.17, 15) is 9.59 Å². The Kier molecular flexibility index (Phi) is 2.98. The molecule has 3 N–H and O–H groups in total. The van der Waals surface area contributed by atoms with Crippen LogP contribution in [-0.2, 0) is 0 Å². The van der Waals surface area contributed by atoms with E-state index >= 15 is 0 Å². The number of carboxylic acids is 1. The van der Waals surface area contributed by atoms with Crippen LogP contribution in [0.3, 0.4) is 0 Å². The van der Waals surface area contributed by atoms with Crippen LogP contribution in [0, 0.1) is 0 Å². The van der Waals surface area contributed by atoms with Crippen molar-refractivity contribution in [3.8, 4) is 0 Å². The SMILES string of the molecule is NC(=O)c1ccc(Cl)c(Cl)c1C(=O)O. The molecule has 1 amide bonds. The Morgan fingerprint density at radius 2 is 1.86 bits per heavy atom. The molecule has 1 aromatic carbocycles. The van der Waals surface area contributed by atoms with Crippen LogP contribution in [0.1, 0.15) is 20.7 Å². The van der Waals surface area contributed by atoms with Crippen LogP contribution in [0.2, 0.25) is 10.0 Å². The lowest BCUT2D eigenvalue weighted by Gasteiger charge is -2.05. The summed E-state index contributed by atoms with van der Waals surface area (Å²) < 4.78 is 0. The zero-order chi connectivity index (χ0) is 10.9. The number of carbonyl (C=O) groups is 2. The summed E-state index contributed by atoms with van der Waals surface area (Å²) in [7, 11) is 0. The van der Waals surface area contributed by atoms with E-state index in [4.69, 9.17) is 34.0 Å². The van der Waals surface area contributed by atoms with Gasteiger partial charge in [0.2, 0.25) is 5.91 Å². The summed E-state index contributed by atoms with van der Waals surface area (Å²) in [6, 6.07) is 2.54. The van der Waals surface area contributed by atoms with Crippen molar-refractivity contribution in [3.63, 3.8) is 0 Å². The van der Waals surface area contributed by atoms with Gasteiger partial charge in [-0.3, -0.25) is 4.79 Å². The summed E-state index contributed by atoms with van der Waals surface area (Å²) in [4.78, 5) is 21.6. The molecule has 1 aromatic rings. The summed E-state index contributed by atoms with van der Waals surface area (Å²) in [5, 5.41) is 8.65. The van der Waals surface area contributed by atoms with Crippen molar-refractivity contribution in [2.45, 2.75) is 0 Å². The fourth-order valence-electron chi connectivity index (χ4n) is 0.965. The van der Waals surface area contributed by atoms with Gasteiger partial charge in [-0.1, -0.05) is 23.2 Å². The van der Waals surface area contributed by atoms with E-state index in [2.05, 4.69) is 0 Å². The van der Waals surface area contributed by atoms with Crippen LogP contribution in [0.4, 0.5) is 0 Å². The number of benzene rings is 1.